The first-order valence-corrected chi connectivity index (χ1v) is 7.61. The van der Waals surface area contributed by atoms with Crippen LogP contribution in [0.3, 0.4) is 0 Å². The molecule has 0 nitrogen and oxygen atoms in total. The monoisotopic (exact) mass is 288 g/mol. The van der Waals surface area contributed by atoms with Crippen molar-refractivity contribution in [1.29, 1.82) is 0 Å². The van der Waals surface area contributed by atoms with Crippen LogP contribution in [0, 0.1) is 5.82 Å². The molecule has 2 aromatic carbocycles. The van der Waals surface area contributed by atoms with E-state index in [2.05, 4.69) is 31.2 Å². The third-order valence-electron chi connectivity index (χ3n) is 4.11. The van der Waals surface area contributed by atoms with Crippen molar-refractivity contribution in [3.63, 3.8) is 0 Å². The molecular weight excluding hydrogens is 271 g/mol. The van der Waals surface area contributed by atoms with Crippen molar-refractivity contribution in [3.05, 3.63) is 70.0 Å². The second kappa shape index (κ2) is 5.57. The summed E-state index contributed by atoms with van der Waals surface area (Å²) in [4.78, 5) is 0. The van der Waals surface area contributed by atoms with Crippen LogP contribution in [0.25, 0.3) is 0 Å². The van der Waals surface area contributed by atoms with Crippen LogP contribution in [0.15, 0.2) is 42.5 Å². The summed E-state index contributed by atoms with van der Waals surface area (Å²) in [5.74, 6) is 0.480. The van der Waals surface area contributed by atoms with Gasteiger partial charge in [-0.3, -0.25) is 0 Å². The highest BCUT2D eigenvalue weighted by atomic mass is 35.5. The highest BCUT2D eigenvalue weighted by molar-refractivity contribution is 6.31. The Morgan fingerprint density at radius 1 is 1.10 bits per heavy atom. The standard InChI is InChI=1S/C18H18ClF/c1-2-4-12-7-9-13(10-8-12)14-11-15(14)18-16(19)5-3-6-17(18)20/h3,5-10,14-15H,2,4,11H2,1H3. The van der Waals surface area contributed by atoms with Gasteiger partial charge in [0.1, 0.15) is 5.82 Å². The summed E-state index contributed by atoms with van der Waals surface area (Å²) >= 11 is 6.14. The van der Waals surface area contributed by atoms with Crippen LogP contribution in [-0.4, -0.2) is 0 Å². The first-order valence-electron chi connectivity index (χ1n) is 7.23. The third-order valence-corrected chi connectivity index (χ3v) is 4.44. The maximum atomic E-state index is 13.9. The fraction of sp³-hybridized carbons (Fsp3) is 0.333. The van der Waals surface area contributed by atoms with Crippen LogP contribution in [0.2, 0.25) is 5.02 Å². The molecule has 0 amide bonds. The maximum absolute atomic E-state index is 13.9. The van der Waals surface area contributed by atoms with Gasteiger partial charge in [0, 0.05) is 10.6 Å². The average Bonchev–Trinajstić information content (AvgIpc) is 3.20. The summed E-state index contributed by atoms with van der Waals surface area (Å²) < 4.78 is 13.9. The van der Waals surface area contributed by atoms with Crippen LogP contribution < -0.4 is 0 Å². The maximum Gasteiger partial charge on any atom is 0.128 e. The summed E-state index contributed by atoms with van der Waals surface area (Å²) in [6.45, 7) is 2.19. The molecule has 104 valence electrons. The summed E-state index contributed by atoms with van der Waals surface area (Å²) in [5, 5.41) is 0.556. The van der Waals surface area contributed by atoms with E-state index in [1.807, 2.05) is 0 Å². The largest absolute Gasteiger partial charge is 0.207 e. The van der Waals surface area contributed by atoms with Gasteiger partial charge in [-0.25, -0.2) is 4.39 Å². The van der Waals surface area contributed by atoms with Crippen molar-refractivity contribution in [1.82, 2.24) is 0 Å². The SMILES string of the molecule is CCCc1ccc(C2CC2c2c(F)cccc2Cl)cc1. The van der Waals surface area contributed by atoms with Gasteiger partial charge in [-0.1, -0.05) is 55.3 Å². The molecule has 1 aliphatic rings. The van der Waals surface area contributed by atoms with Crippen LogP contribution in [0.5, 0.6) is 0 Å². The Labute approximate surface area is 124 Å². The lowest BCUT2D eigenvalue weighted by molar-refractivity contribution is 0.609. The van der Waals surface area contributed by atoms with Crippen LogP contribution >= 0.6 is 11.6 Å². The molecule has 1 saturated carbocycles. The van der Waals surface area contributed by atoms with E-state index in [4.69, 9.17) is 11.6 Å². The Morgan fingerprint density at radius 3 is 2.50 bits per heavy atom. The molecule has 0 aliphatic heterocycles. The molecule has 1 aliphatic carbocycles. The van der Waals surface area contributed by atoms with Crippen molar-refractivity contribution < 1.29 is 4.39 Å². The van der Waals surface area contributed by atoms with E-state index in [0.29, 0.717) is 16.5 Å². The van der Waals surface area contributed by atoms with E-state index in [1.165, 1.54) is 17.2 Å². The molecule has 3 rings (SSSR count). The number of halogens is 2. The fourth-order valence-corrected chi connectivity index (χ4v) is 3.27. The van der Waals surface area contributed by atoms with Gasteiger partial charge in [0.2, 0.25) is 0 Å². The Hall–Kier alpha value is -1.34. The zero-order valence-corrected chi connectivity index (χ0v) is 12.3. The second-order valence-corrected chi connectivity index (χ2v) is 5.98. The summed E-state index contributed by atoms with van der Waals surface area (Å²) in [6.07, 6.45) is 3.28. The van der Waals surface area contributed by atoms with E-state index in [9.17, 15) is 4.39 Å². The topological polar surface area (TPSA) is 0 Å². The fourth-order valence-electron chi connectivity index (χ4n) is 2.97. The molecule has 2 unspecified atom stereocenters. The minimum Gasteiger partial charge on any atom is -0.207 e. The Morgan fingerprint density at radius 2 is 1.85 bits per heavy atom. The molecule has 1 fully saturated rings. The van der Waals surface area contributed by atoms with Crippen LogP contribution in [-0.2, 0) is 6.42 Å². The molecule has 0 aromatic heterocycles. The molecule has 20 heavy (non-hydrogen) atoms. The van der Waals surface area contributed by atoms with Crippen molar-refractivity contribution in [2.75, 3.05) is 0 Å². The third kappa shape index (κ3) is 2.60. The van der Waals surface area contributed by atoms with E-state index in [0.717, 1.165) is 19.3 Å². The van der Waals surface area contributed by atoms with Gasteiger partial charge < -0.3 is 0 Å². The molecule has 0 heterocycles. The molecule has 0 radical (unpaired) electrons. The molecule has 0 bridgehead atoms. The quantitative estimate of drug-likeness (QED) is 0.677. The first-order chi connectivity index (χ1) is 9.70. The smallest absolute Gasteiger partial charge is 0.128 e. The molecule has 2 heteroatoms. The number of aryl methyl sites for hydroxylation is 1. The van der Waals surface area contributed by atoms with Gasteiger partial charge in [-0.15, -0.1) is 0 Å². The van der Waals surface area contributed by atoms with Crippen molar-refractivity contribution >= 4 is 11.6 Å². The highest BCUT2D eigenvalue weighted by Gasteiger charge is 2.42. The van der Waals surface area contributed by atoms with Gasteiger partial charge in [0.25, 0.3) is 0 Å². The van der Waals surface area contributed by atoms with Gasteiger partial charge in [0.15, 0.2) is 0 Å². The van der Waals surface area contributed by atoms with Gasteiger partial charge in [-0.2, -0.15) is 0 Å². The minimum atomic E-state index is -0.174. The Bertz CT molecular complexity index is 583. The number of hydrogen-bond donors (Lipinski definition) is 0. The van der Waals surface area contributed by atoms with Crippen LogP contribution in [0.4, 0.5) is 4.39 Å². The zero-order chi connectivity index (χ0) is 14.1. The number of benzene rings is 2. The van der Waals surface area contributed by atoms with Crippen molar-refractivity contribution in [2.45, 2.75) is 38.0 Å². The van der Waals surface area contributed by atoms with Gasteiger partial charge in [-0.05, 0) is 47.9 Å². The van der Waals surface area contributed by atoms with Gasteiger partial charge in [0.05, 0.1) is 0 Å². The van der Waals surface area contributed by atoms with Crippen molar-refractivity contribution in [3.8, 4) is 0 Å². The molecular formula is C18H18ClF. The first kappa shape index (κ1) is 13.6. The Balaban J connectivity index is 1.78. The predicted molar refractivity (Wildman–Crippen MR) is 81.9 cm³/mol. The lowest BCUT2D eigenvalue weighted by Crippen LogP contribution is -1.91. The van der Waals surface area contributed by atoms with E-state index >= 15 is 0 Å². The second-order valence-electron chi connectivity index (χ2n) is 5.58. The normalized spacial score (nSPS) is 20.9. The molecule has 0 saturated heterocycles. The predicted octanol–water partition coefficient (Wildman–Crippen LogP) is 5.70. The lowest BCUT2D eigenvalue weighted by atomic mass is 10.0. The van der Waals surface area contributed by atoms with Gasteiger partial charge >= 0.3 is 0 Å². The van der Waals surface area contributed by atoms with E-state index in [-0.39, 0.29) is 11.7 Å². The zero-order valence-electron chi connectivity index (χ0n) is 11.6. The van der Waals surface area contributed by atoms with E-state index < -0.39 is 0 Å². The number of rotatable bonds is 4. The summed E-state index contributed by atoms with van der Waals surface area (Å²) in [5.41, 5.74) is 3.36. The molecule has 2 aromatic rings. The number of hydrogen-bond acceptors (Lipinski definition) is 0. The van der Waals surface area contributed by atoms with Crippen LogP contribution in [0.1, 0.15) is 48.3 Å². The average molecular weight is 289 g/mol. The minimum absolute atomic E-state index is 0.174. The summed E-state index contributed by atoms with van der Waals surface area (Å²) in [6, 6.07) is 13.7. The van der Waals surface area contributed by atoms with E-state index in [1.54, 1.807) is 12.1 Å². The molecule has 0 spiro atoms. The molecule has 0 N–H and O–H groups in total. The van der Waals surface area contributed by atoms with Crippen molar-refractivity contribution in [2.24, 2.45) is 0 Å². The Kier molecular flexibility index (Phi) is 3.80. The lowest BCUT2D eigenvalue weighted by Gasteiger charge is -2.06. The highest BCUT2D eigenvalue weighted by Crippen LogP contribution is 2.56. The summed E-state index contributed by atoms with van der Waals surface area (Å²) in [7, 11) is 0. The molecule has 2 atom stereocenters.